The molecule has 0 unspecified atom stereocenters. The molecule has 4 rings (SSSR count). The monoisotopic (exact) mass is 312 g/mol. The second-order valence-corrected chi connectivity index (χ2v) is 6.24. The molecule has 2 N–H and O–H groups in total. The van der Waals surface area contributed by atoms with E-state index < -0.39 is 0 Å². The largest absolute Gasteiger partial charge is 0.395 e. The number of H-pyrrole nitrogens is 1. The number of rotatable bonds is 3. The number of hydrogen-bond donors (Lipinski definition) is 2. The summed E-state index contributed by atoms with van der Waals surface area (Å²) in [6.45, 7) is 1.85. The minimum Gasteiger partial charge on any atom is -0.395 e. The molecule has 1 aromatic carbocycles. The molecule has 6 heteroatoms. The van der Waals surface area contributed by atoms with Crippen LogP contribution >= 0.6 is 0 Å². The molecule has 23 heavy (non-hydrogen) atoms. The minimum atomic E-state index is -0.0861. The maximum absolute atomic E-state index is 12.3. The summed E-state index contributed by atoms with van der Waals surface area (Å²) >= 11 is 0. The lowest BCUT2D eigenvalue weighted by Crippen LogP contribution is -2.31. The van der Waals surface area contributed by atoms with Crippen LogP contribution in [-0.2, 0) is 13.6 Å². The van der Waals surface area contributed by atoms with Crippen molar-refractivity contribution >= 4 is 21.8 Å². The first-order chi connectivity index (χ1) is 11.2. The summed E-state index contributed by atoms with van der Waals surface area (Å²) in [5, 5.41) is 16.8. The Bertz CT molecular complexity index is 927. The Kier molecular flexibility index (Phi) is 3.43. The van der Waals surface area contributed by atoms with Gasteiger partial charge in [0.2, 0.25) is 0 Å². The van der Waals surface area contributed by atoms with E-state index in [0.717, 1.165) is 41.5 Å². The highest BCUT2D eigenvalue weighted by molar-refractivity contribution is 6.05. The number of fused-ring (bicyclic) bond motifs is 3. The maximum Gasteiger partial charge on any atom is 0.257 e. The molecular weight excluding hydrogens is 292 g/mol. The molecule has 0 spiro atoms. The van der Waals surface area contributed by atoms with Gasteiger partial charge in [-0.15, -0.1) is 0 Å². The Morgan fingerprint density at radius 3 is 2.91 bits per heavy atom. The number of hydrogen-bond acceptors (Lipinski definition) is 4. The van der Waals surface area contributed by atoms with Crippen LogP contribution in [0, 0.1) is 0 Å². The number of aromatic nitrogens is 3. The number of aliphatic hydroxyl groups is 1. The number of aryl methyl sites for hydroxylation is 1. The van der Waals surface area contributed by atoms with E-state index in [-0.39, 0.29) is 18.2 Å². The Labute approximate surface area is 133 Å². The van der Waals surface area contributed by atoms with Crippen LogP contribution in [0.3, 0.4) is 0 Å². The number of benzene rings is 1. The number of nitrogens with one attached hydrogen (secondary N) is 1. The molecular formula is C17H20N4O2. The van der Waals surface area contributed by atoms with Gasteiger partial charge in [-0.25, -0.2) is 0 Å². The normalized spacial score (nSPS) is 19.1. The first-order valence-electron chi connectivity index (χ1n) is 8.00. The number of aromatic amines is 1. The molecule has 3 heterocycles. The van der Waals surface area contributed by atoms with Crippen molar-refractivity contribution < 1.29 is 5.11 Å². The average molecular weight is 312 g/mol. The predicted molar refractivity (Wildman–Crippen MR) is 89.4 cm³/mol. The van der Waals surface area contributed by atoms with E-state index in [9.17, 15) is 9.90 Å². The van der Waals surface area contributed by atoms with E-state index >= 15 is 0 Å². The van der Waals surface area contributed by atoms with Crippen molar-refractivity contribution in [1.82, 2.24) is 19.7 Å². The summed E-state index contributed by atoms with van der Waals surface area (Å²) in [6.07, 6.45) is 2.13. The van der Waals surface area contributed by atoms with Crippen molar-refractivity contribution in [2.24, 2.45) is 7.05 Å². The molecule has 0 saturated carbocycles. The van der Waals surface area contributed by atoms with Gasteiger partial charge in [-0.05, 0) is 25.5 Å². The topological polar surface area (TPSA) is 74.2 Å². The van der Waals surface area contributed by atoms with Crippen LogP contribution in [0.1, 0.15) is 18.5 Å². The van der Waals surface area contributed by atoms with Crippen LogP contribution < -0.4 is 5.56 Å². The molecule has 6 nitrogen and oxygen atoms in total. The summed E-state index contributed by atoms with van der Waals surface area (Å²) in [6, 6.07) is 7.86. The van der Waals surface area contributed by atoms with Gasteiger partial charge in [0.1, 0.15) is 5.65 Å². The third-order valence-electron chi connectivity index (χ3n) is 4.86. The van der Waals surface area contributed by atoms with Gasteiger partial charge in [0.05, 0.1) is 12.3 Å². The fourth-order valence-electron chi connectivity index (χ4n) is 3.69. The molecule has 1 aliphatic rings. The molecule has 0 radical (unpaired) electrons. The molecule has 0 amide bonds. The van der Waals surface area contributed by atoms with Crippen LogP contribution in [-0.4, -0.2) is 44.0 Å². The van der Waals surface area contributed by atoms with E-state index in [1.54, 1.807) is 4.68 Å². The Balaban J connectivity index is 1.90. The smallest absolute Gasteiger partial charge is 0.257 e. The molecule has 2 aromatic heterocycles. The zero-order valence-corrected chi connectivity index (χ0v) is 13.1. The van der Waals surface area contributed by atoms with Gasteiger partial charge < -0.3 is 10.1 Å². The highest BCUT2D eigenvalue weighted by Crippen LogP contribution is 2.27. The van der Waals surface area contributed by atoms with E-state index in [1.807, 2.05) is 31.3 Å². The lowest BCUT2D eigenvalue weighted by molar-refractivity contribution is 0.152. The number of pyridine rings is 1. The van der Waals surface area contributed by atoms with Crippen molar-refractivity contribution in [3.63, 3.8) is 0 Å². The summed E-state index contributed by atoms with van der Waals surface area (Å²) in [5.74, 6) is 0. The van der Waals surface area contributed by atoms with E-state index in [1.165, 1.54) is 0 Å². The van der Waals surface area contributed by atoms with Gasteiger partial charge in [0.25, 0.3) is 5.56 Å². The lowest BCUT2D eigenvalue weighted by Gasteiger charge is -2.21. The van der Waals surface area contributed by atoms with Crippen molar-refractivity contribution in [2.75, 3.05) is 13.2 Å². The van der Waals surface area contributed by atoms with Gasteiger partial charge >= 0.3 is 0 Å². The fourth-order valence-corrected chi connectivity index (χ4v) is 3.69. The Hall–Kier alpha value is -2.18. The van der Waals surface area contributed by atoms with Crippen molar-refractivity contribution in [2.45, 2.75) is 25.4 Å². The Morgan fingerprint density at radius 2 is 2.13 bits per heavy atom. The second-order valence-electron chi connectivity index (χ2n) is 6.24. The predicted octanol–water partition coefficient (Wildman–Crippen LogP) is 1.37. The molecule has 0 bridgehead atoms. The molecule has 1 atom stereocenters. The molecule has 1 aliphatic heterocycles. The van der Waals surface area contributed by atoms with Gasteiger partial charge in [-0.3, -0.25) is 14.4 Å². The van der Waals surface area contributed by atoms with E-state index in [0.29, 0.717) is 11.9 Å². The first-order valence-corrected chi connectivity index (χ1v) is 8.00. The van der Waals surface area contributed by atoms with Crippen molar-refractivity contribution in [3.05, 3.63) is 40.3 Å². The van der Waals surface area contributed by atoms with Crippen LogP contribution in [0.2, 0.25) is 0 Å². The molecule has 120 valence electrons. The zero-order valence-electron chi connectivity index (χ0n) is 13.1. The van der Waals surface area contributed by atoms with Crippen LogP contribution in [0.15, 0.2) is 29.1 Å². The second kappa shape index (κ2) is 5.47. The SMILES string of the molecule is Cn1nc(CN2CCC[C@H]2CO)c2c3ccccc3c(=O)[nH]c21. The minimum absolute atomic E-state index is 0.0861. The van der Waals surface area contributed by atoms with Crippen LogP contribution in [0.4, 0.5) is 0 Å². The summed E-state index contributed by atoms with van der Waals surface area (Å²) in [4.78, 5) is 17.5. The zero-order chi connectivity index (χ0) is 16.0. The first kappa shape index (κ1) is 14.4. The van der Waals surface area contributed by atoms with Crippen molar-refractivity contribution in [1.29, 1.82) is 0 Å². The van der Waals surface area contributed by atoms with Crippen LogP contribution in [0.5, 0.6) is 0 Å². The van der Waals surface area contributed by atoms with Gasteiger partial charge in [0.15, 0.2) is 0 Å². The van der Waals surface area contributed by atoms with E-state index in [2.05, 4.69) is 15.0 Å². The summed E-state index contributed by atoms with van der Waals surface area (Å²) in [5.41, 5.74) is 1.62. The quantitative estimate of drug-likeness (QED) is 0.766. The molecule has 0 aliphatic carbocycles. The fraction of sp³-hybridized carbons (Fsp3) is 0.412. The van der Waals surface area contributed by atoms with Gasteiger partial charge in [0, 0.05) is 35.8 Å². The Morgan fingerprint density at radius 1 is 1.35 bits per heavy atom. The van der Waals surface area contributed by atoms with Crippen molar-refractivity contribution in [3.8, 4) is 0 Å². The van der Waals surface area contributed by atoms with E-state index in [4.69, 9.17) is 0 Å². The average Bonchev–Trinajstić information content (AvgIpc) is 3.13. The summed E-state index contributed by atoms with van der Waals surface area (Å²) < 4.78 is 1.74. The summed E-state index contributed by atoms with van der Waals surface area (Å²) in [7, 11) is 1.85. The molecule has 3 aromatic rings. The third kappa shape index (κ3) is 2.26. The number of nitrogens with zero attached hydrogens (tertiary/aromatic N) is 3. The van der Waals surface area contributed by atoms with Crippen LogP contribution in [0.25, 0.3) is 21.8 Å². The van der Waals surface area contributed by atoms with Gasteiger partial charge in [-0.2, -0.15) is 5.10 Å². The highest BCUT2D eigenvalue weighted by atomic mass is 16.3. The standard InChI is InChI=1S/C17H20N4O2/c1-20-16-15(12-6-2-3-7-13(12)17(23)18-16)14(19-20)9-21-8-4-5-11(21)10-22/h2-3,6-7,11,22H,4-5,8-10H2,1H3,(H,18,23)/t11-/m0/s1. The number of aliphatic hydroxyl groups excluding tert-OH is 1. The number of likely N-dealkylation sites (tertiary alicyclic amines) is 1. The third-order valence-corrected chi connectivity index (χ3v) is 4.86. The van der Waals surface area contributed by atoms with Gasteiger partial charge in [-0.1, -0.05) is 18.2 Å². The molecule has 1 saturated heterocycles. The molecule has 1 fully saturated rings. The maximum atomic E-state index is 12.3. The lowest BCUT2D eigenvalue weighted by atomic mass is 10.1. The highest BCUT2D eigenvalue weighted by Gasteiger charge is 2.26.